The van der Waals surface area contributed by atoms with Crippen molar-refractivity contribution >= 4 is 12.4 Å². The Kier molecular flexibility index (Phi) is 8.24. The summed E-state index contributed by atoms with van der Waals surface area (Å²) in [6.07, 6.45) is 2.60. The van der Waals surface area contributed by atoms with Crippen LogP contribution >= 0.6 is 12.4 Å². The maximum Gasteiger partial charge on any atom is 0.119 e. The van der Waals surface area contributed by atoms with E-state index in [1.807, 2.05) is 6.07 Å². The highest BCUT2D eigenvalue weighted by molar-refractivity contribution is 5.85. The van der Waals surface area contributed by atoms with Gasteiger partial charge in [-0.25, -0.2) is 0 Å². The summed E-state index contributed by atoms with van der Waals surface area (Å²) in [6, 6.07) is 6.26. The summed E-state index contributed by atoms with van der Waals surface area (Å²) in [6.45, 7) is 16.3. The molecular weight excluding hydrogens is 334 g/mol. The summed E-state index contributed by atoms with van der Waals surface area (Å²) in [5.41, 5.74) is 2.39. The third-order valence-corrected chi connectivity index (χ3v) is 5.38. The molecule has 0 radical (unpaired) electrons. The second-order valence-corrected chi connectivity index (χ2v) is 8.37. The molecule has 0 spiro atoms. The van der Waals surface area contributed by atoms with Crippen molar-refractivity contribution in [2.45, 2.75) is 72.0 Å². The minimum atomic E-state index is 0. The van der Waals surface area contributed by atoms with Crippen molar-refractivity contribution in [3.63, 3.8) is 0 Å². The number of morpholine rings is 1. The predicted octanol–water partition coefficient (Wildman–Crippen LogP) is 4.79. The monoisotopic (exact) mass is 369 g/mol. The van der Waals surface area contributed by atoms with Gasteiger partial charge in [0, 0.05) is 19.6 Å². The molecule has 0 aromatic heterocycles. The van der Waals surface area contributed by atoms with E-state index in [2.05, 4.69) is 58.6 Å². The van der Waals surface area contributed by atoms with Gasteiger partial charge in [-0.05, 0) is 55.2 Å². The van der Waals surface area contributed by atoms with Crippen LogP contribution in [0.2, 0.25) is 0 Å². The van der Waals surface area contributed by atoms with Crippen LogP contribution in [0.5, 0.6) is 5.75 Å². The van der Waals surface area contributed by atoms with E-state index < -0.39 is 0 Å². The van der Waals surface area contributed by atoms with Crippen LogP contribution in [0.25, 0.3) is 0 Å². The highest BCUT2D eigenvalue weighted by Gasteiger charge is 2.24. The van der Waals surface area contributed by atoms with Crippen molar-refractivity contribution in [1.82, 2.24) is 4.90 Å². The lowest BCUT2D eigenvalue weighted by molar-refractivity contribution is -0.0709. The van der Waals surface area contributed by atoms with Gasteiger partial charge in [-0.3, -0.25) is 4.90 Å². The second kappa shape index (κ2) is 9.25. The fraction of sp³-hybridized carbons (Fsp3) is 0.714. The Labute approximate surface area is 160 Å². The van der Waals surface area contributed by atoms with Crippen LogP contribution in [0.4, 0.5) is 0 Å². The Morgan fingerprint density at radius 1 is 1.24 bits per heavy atom. The molecule has 3 atom stereocenters. The molecule has 1 saturated heterocycles. The van der Waals surface area contributed by atoms with Gasteiger partial charge in [0.25, 0.3) is 0 Å². The Morgan fingerprint density at radius 2 is 1.84 bits per heavy atom. The Hall–Kier alpha value is -0.770. The van der Waals surface area contributed by atoms with Crippen LogP contribution in [0.15, 0.2) is 18.2 Å². The highest BCUT2D eigenvalue weighted by atomic mass is 35.5. The molecule has 0 aliphatic carbocycles. The summed E-state index contributed by atoms with van der Waals surface area (Å²) < 4.78 is 5.81. The van der Waals surface area contributed by atoms with Gasteiger partial charge in [0.2, 0.25) is 0 Å². The van der Waals surface area contributed by atoms with Crippen LogP contribution in [-0.2, 0) is 16.6 Å². The average molecular weight is 370 g/mol. The van der Waals surface area contributed by atoms with E-state index in [0.29, 0.717) is 23.9 Å². The lowest BCUT2D eigenvalue weighted by Crippen LogP contribution is -2.47. The third kappa shape index (κ3) is 6.16. The van der Waals surface area contributed by atoms with E-state index in [9.17, 15) is 5.11 Å². The minimum Gasteiger partial charge on any atom is -0.508 e. The molecule has 1 aromatic rings. The van der Waals surface area contributed by atoms with Crippen molar-refractivity contribution in [1.29, 1.82) is 0 Å². The standard InChI is InChI=1S/C21H35NO2.ClH/c1-7-21(5,6)19-9-8-18(20(23)11-19)10-15(2)12-22-13-16(3)24-17(4)14-22;/h8-9,11,15-17,23H,7,10,12-14H2,1-6H3;1H/t15?,16-,17+;. The van der Waals surface area contributed by atoms with Crippen LogP contribution in [0, 0.1) is 5.92 Å². The molecule has 0 amide bonds. The third-order valence-electron chi connectivity index (χ3n) is 5.38. The maximum atomic E-state index is 10.5. The Bertz CT molecular complexity index is 537. The maximum absolute atomic E-state index is 10.5. The molecule has 1 aliphatic rings. The minimum absolute atomic E-state index is 0. The number of phenolic OH excluding ortho intramolecular Hbond substituents is 1. The fourth-order valence-electron chi connectivity index (χ4n) is 3.68. The van der Waals surface area contributed by atoms with Crippen molar-refractivity contribution < 1.29 is 9.84 Å². The number of nitrogens with zero attached hydrogens (tertiary/aromatic N) is 1. The number of hydrogen-bond acceptors (Lipinski definition) is 3. The Balaban J connectivity index is 0.00000312. The number of rotatable bonds is 6. The smallest absolute Gasteiger partial charge is 0.119 e. The number of aromatic hydroxyl groups is 1. The molecule has 1 aliphatic heterocycles. The van der Waals surface area contributed by atoms with Gasteiger partial charge in [-0.1, -0.05) is 39.8 Å². The van der Waals surface area contributed by atoms with Crippen molar-refractivity contribution in [3.8, 4) is 5.75 Å². The van der Waals surface area contributed by atoms with E-state index in [-0.39, 0.29) is 17.8 Å². The van der Waals surface area contributed by atoms with Crippen molar-refractivity contribution in [2.24, 2.45) is 5.92 Å². The molecule has 0 saturated carbocycles. The summed E-state index contributed by atoms with van der Waals surface area (Å²) in [4.78, 5) is 2.50. The summed E-state index contributed by atoms with van der Waals surface area (Å²) in [7, 11) is 0. The molecule has 1 heterocycles. The van der Waals surface area contributed by atoms with Gasteiger partial charge >= 0.3 is 0 Å². The van der Waals surface area contributed by atoms with Crippen molar-refractivity contribution in [3.05, 3.63) is 29.3 Å². The molecule has 0 bridgehead atoms. The SMILES string of the molecule is CCC(C)(C)c1ccc(CC(C)CN2C[C@@H](C)O[C@@H](C)C2)c(O)c1.Cl. The number of benzene rings is 1. The molecule has 3 nitrogen and oxygen atoms in total. The van der Waals surface area contributed by atoms with Crippen LogP contribution in [-0.4, -0.2) is 41.8 Å². The second-order valence-electron chi connectivity index (χ2n) is 8.37. The van der Waals surface area contributed by atoms with E-state index in [0.717, 1.165) is 38.0 Å². The summed E-state index contributed by atoms with van der Waals surface area (Å²) >= 11 is 0. The van der Waals surface area contributed by atoms with E-state index >= 15 is 0 Å². The van der Waals surface area contributed by atoms with Crippen molar-refractivity contribution in [2.75, 3.05) is 19.6 Å². The van der Waals surface area contributed by atoms with Crippen LogP contribution in [0.1, 0.15) is 59.1 Å². The quantitative estimate of drug-likeness (QED) is 0.782. The predicted molar refractivity (Wildman–Crippen MR) is 108 cm³/mol. The Morgan fingerprint density at radius 3 is 2.36 bits per heavy atom. The van der Waals surface area contributed by atoms with E-state index in [1.54, 1.807) is 0 Å². The lowest BCUT2D eigenvalue weighted by atomic mass is 9.81. The number of phenols is 1. The van der Waals surface area contributed by atoms with Crippen LogP contribution in [0.3, 0.4) is 0 Å². The zero-order chi connectivity index (χ0) is 17.9. The molecule has 1 unspecified atom stereocenters. The molecular formula is C21H36ClNO2. The first-order valence-electron chi connectivity index (χ1n) is 9.41. The number of halogens is 1. The normalized spacial score (nSPS) is 23.1. The topological polar surface area (TPSA) is 32.7 Å². The lowest BCUT2D eigenvalue weighted by Gasteiger charge is -2.36. The zero-order valence-corrected chi connectivity index (χ0v) is 17.5. The summed E-state index contributed by atoms with van der Waals surface area (Å²) in [5.74, 6) is 0.961. The van der Waals surface area contributed by atoms with Crippen LogP contribution < -0.4 is 0 Å². The average Bonchev–Trinajstić information content (AvgIpc) is 2.48. The van der Waals surface area contributed by atoms with E-state index in [4.69, 9.17) is 4.74 Å². The molecule has 4 heteroatoms. The molecule has 144 valence electrons. The first kappa shape index (κ1) is 22.3. The van der Waals surface area contributed by atoms with Gasteiger partial charge in [0.1, 0.15) is 5.75 Å². The first-order valence-corrected chi connectivity index (χ1v) is 9.41. The number of hydrogen-bond donors (Lipinski definition) is 1. The molecule has 25 heavy (non-hydrogen) atoms. The van der Waals surface area contributed by atoms with Gasteiger partial charge in [0.05, 0.1) is 12.2 Å². The van der Waals surface area contributed by atoms with Gasteiger partial charge < -0.3 is 9.84 Å². The molecule has 1 aromatic carbocycles. The molecule has 1 fully saturated rings. The zero-order valence-electron chi connectivity index (χ0n) is 16.7. The van der Waals surface area contributed by atoms with Gasteiger partial charge in [-0.2, -0.15) is 0 Å². The molecule has 1 N–H and O–H groups in total. The summed E-state index contributed by atoms with van der Waals surface area (Å²) in [5, 5.41) is 10.5. The van der Waals surface area contributed by atoms with Gasteiger partial charge in [-0.15, -0.1) is 12.4 Å². The van der Waals surface area contributed by atoms with Gasteiger partial charge in [0.15, 0.2) is 0 Å². The fourth-order valence-corrected chi connectivity index (χ4v) is 3.68. The first-order chi connectivity index (χ1) is 11.2. The number of ether oxygens (including phenoxy) is 1. The largest absolute Gasteiger partial charge is 0.508 e. The van der Waals surface area contributed by atoms with E-state index in [1.165, 1.54) is 5.56 Å². The highest BCUT2D eigenvalue weighted by Crippen LogP contribution is 2.31. The molecule has 2 rings (SSSR count).